The largest absolute Gasteiger partial charge is 0.394 e. The first kappa shape index (κ1) is 15.6. The van der Waals surface area contributed by atoms with E-state index in [9.17, 15) is 14.7 Å². The van der Waals surface area contributed by atoms with Crippen molar-refractivity contribution >= 4 is 17.3 Å². The molecule has 2 heterocycles. The minimum Gasteiger partial charge on any atom is -0.394 e. The number of nitrogens with two attached hydrogens (primary N) is 1. The van der Waals surface area contributed by atoms with Crippen molar-refractivity contribution in [1.29, 1.82) is 0 Å². The topological polar surface area (TPSA) is 88.0 Å². The zero-order valence-electron chi connectivity index (χ0n) is 13.3. The number of nitrogens with zero attached hydrogens (tertiary/aromatic N) is 2. The molecule has 2 amide bonds. The summed E-state index contributed by atoms with van der Waals surface area (Å²) in [5, 5.41) is 9.32. The van der Waals surface area contributed by atoms with Crippen LogP contribution >= 0.6 is 0 Å². The number of aliphatic hydroxyl groups is 1. The van der Waals surface area contributed by atoms with Gasteiger partial charge in [-0.25, -0.2) is 0 Å². The number of aryl methyl sites for hydroxylation is 1. The lowest BCUT2D eigenvalue weighted by atomic mass is 10.2. The smallest absolute Gasteiger partial charge is 0.271 e. The Hall–Kier alpha value is -2.34. The molecule has 0 bridgehead atoms. The van der Waals surface area contributed by atoms with Crippen molar-refractivity contribution in [2.24, 2.45) is 5.73 Å². The van der Waals surface area contributed by atoms with Crippen molar-refractivity contribution in [2.75, 3.05) is 13.7 Å². The second kappa shape index (κ2) is 5.70. The summed E-state index contributed by atoms with van der Waals surface area (Å²) in [6, 6.07) is 5.02. The molecule has 3 rings (SSSR count). The molecule has 0 radical (unpaired) electrons. The predicted molar refractivity (Wildman–Crippen MR) is 86.3 cm³/mol. The Labute approximate surface area is 134 Å². The van der Waals surface area contributed by atoms with Gasteiger partial charge < -0.3 is 20.1 Å². The maximum atomic E-state index is 12.8. The molecule has 23 heavy (non-hydrogen) atoms. The van der Waals surface area contributed by atoms with Gasteiger partial charge in [0.05, 0.1) is 6.61 Å². The van der Waals surface area contributed by atoms with E-state index >= 15 is 0 Å². The maximum Gasteiger partial charge on any atom is 0.271 e. The van der Waals surface area contributed by atoms with Crippen molar-refractivity contribution in [3.63, 3.8) is 0 Å². The van der Waals surface area contributed by atoms with E-state index in [1.165, 1.54) is 30.4 Å². The number of pyridine rings is 1. The Bertz CT molecular complexity index is 777. The minimum atomic E-state index is -1.03. The van der Waals surface area contributed by atoms with Crippen molar-refractivity contribution in [3.05, 3.63) is 41.2 Å². The lowest BCUT2D eigenvalue weighted by Crippen LogP contribution is -2.48. The summed E-state index contributed by atoms with van der Waals surface area (Å²) in [5.41, 5.74) is 8.75. The van der Waals surface area contributed by atoms with Gasteiger partial charge in [0.15, 0.2) is 0 Å². The van der Waals surface area contributed by atoms with E-state index in [1.54, 1.807) is 0 Å². The molecule has 2 aromatic heterocycles. The van der Waals surface area contributed by atoms with Crippen LogP contribution in [0.25, 0.3) is 5.52 Å². The van der Waals surface area contributed by atoms with E-state index < -0.39 is 18.6 Å². The molecule has 1 aliphatic carbocycles. The molecule has 0 aromatic carbocycles. The zero-order valence-corrected chi connectivity index (χ0v) is 13.3. The molecule has 2 aromatic rings. The van der Waals surface area contributed by atoms with Gasteiger partial charge >= 0.3 is 0 Å². The molecule has 0 saturated heterocycles. The number of rotatable bonds is 5. The summed E-state index contributed by atoms with van der Waals surface area (Å²) in [7, 11) is 1.48. The van der Waals surface area contributed by atoms with Crippen LogP contribution in [0.5, 0.6) is 0 Å². The molecule has 1 saturated carbocycles. The van der Waals surface area contributed by atoms with Gasteiger partial charge in [-0.05, 0) is 48.9 Å². The number of carbonyl (C=O) groups is 2. The Balaban J connectivity index is 2.03. The summed E-state index contributed by atoms with van der Waals surface area (Å²) >= 11 is 0. The average molecular weight is 315 g/mol. The van der Waals surface area contributed by atoms with Crippen LogP contribution < -0.4 is 5.73 Å². The van der Waals surface area contributed by atoms with Crippen LogP contribution in [-0.2, 0) is 4.79 Å². The van der Waals surface area contributed by atoms with Gasteiger partial charge in [-0.15, -0.1) is 0 Å². The molecule has 3 N–H and O–H groups in total. The van der Waals surface area contributed by atoms with Gasteiger partial charge in [0.2, 0.25) is 5.91 Å². The number of hydrogen-bond donors (Lipinski definition) is 2. The average Bonchev–Trinajstić information content (AvgIpc) is 3.29. The fraction of sp³-hybridized carbons (Fsp3) is 0.412. The summed E-state index contributed by atoms with van der Waals surface area (Å²) in [6.45, 7) is 1.37. The number of likely N-dealkylation sites (N-methyl/N-ethyl adjacent to an activating group) is 1. The highest BCUT2D eigenvalue weighted by atomic mass is 16.3. The molecule has 6 heteroatoms. The van der Waals surface area contributed by atoms with Crippen LogP contribution in [0.3, 0.4) is 0 Å². The Morgan fingerprint density at radius 3 is 2.70 bits per heavy atom. The maximum absolute atomic E-state index is 12.8. The number of primary amides is 1. The van der Waals surface area contributed by atoms with E-state index in [1.807, 2.05) is 29.7 Å². The highest BCUT2D eigenvalue weighted by Gasteiger charge is 2.29. The van der Waals surface area contributed by atoms with E-state index in [0.29, 0.717) is 11.6 Å². The molecule has 0 aliphatic heterocycles. The van der Waals surface area contributed by atoms with E-state index in [4.69, 9.17) is 5.73 Å². The molecule has 1 fully saturated rings. The third kappa shape index (κ3) is 2.70. The Morgan fingerprint density at radius 2 is 2.13 bits per heavy atom. The van der Waals surface area contributed by atoms with Gasteiger partial charge in [-0.2, -0.15) is 0 Å². The highest BCUT2D eigenvalue weighted by Crippen LogP contribution is 2.40. The SMILES string of the molecule is Cc1cc2ccc(C3CC3)cn2c1C(=O)N(C)C(CO)C(N)=O. The second-order valence-corrected chi connectivity index (χ2v) is 6.22. The number of fused-ring (bicyclic) bond motifs is 1. The van der Waals surface area contributed by atoms with Crippen LogP contribution in [-0.4, -0.2) is 45.9 Å². The molecular weight excluding hydrogens is 294 g/mol. The molecule has 1 atom stereocenters. The van der Waals surface area contributed by atoms with Crippen LogP contribution in [0.1, 0.15) is 40.4 Å². The first-order valence-electron chi connectivity index (χ1n) is 7.73. The lowest BCUT2D eigenvalue weighted by molar-refractivity contribution is -0.123. The standard InChI is InChI=1S/C17H21N3O3/c1-10-7-13-6-5-12(11-3-4-11)8-20(13)15(10)17(23)19(2)14(9-21)16(18)22/h5-8,11,14,21H,3-4,9H2,1-2H3,(H2,18,22). The molecular formula is C17H21N3O3. The monoisotopic (exact) mass is 315 g/mol. The number of amides is 2. The second-order valence-electron chi connectivity index (χ2n) is 6.22. The van der Waals surface area contributed by atoms with Crippen molar-refractivity contribution in [2.45, 2.75) is 31.7 Å². The number of hydrogen-bond acceptors (Lipinski definition) is 3. The highest BCUT2D eigenvalue weighted by molar-refractivity contribution is 5.98. The zero-order chi connectivity index (χ0) is 16.7. The van der Waals surface area contributed by atoms with Crippen LogP contribution in [0, 0.1) is 6.92 Å². The normalized spacial score (nSPS) is 15.6. The summed E-state index contributed by atoms with van der Waals surface area (Å²) in [6.07, 6.45) is 4.37. The Morgan fingerprint density at radius 1 is 1.43 bits per heavy atom. The third-order valence-electron chi connectivity index (χ3n) is 4.52. The first-order chi connectivity index (χ1) is 10.9. The van der Waals surface area contributed by atoms with Crippen molar-refractivity contribution < 1.29 is 14.7 Å². The van der Waals surface area contributed by atoms with E-state index in [0.717, 1.165) is 11.1 Å². The Kier molecular flexibility index (Phi) is 3.85. The number of carbonyl (C=O) groups excluding carboxylic acids is 2. The quantitative estimate of drug-likeness (QED) is 0.864. The van der Waals surface area contributed by atoms with Gasteiger partial charge in [-0.1, -0.05) is 6.07 Å². The van der Waals surface area contributed by atoms with Gasteiger partial charge in [0, 0.05) is 18.8 Å². The molecule has 1 aliphatic rings. The van der Waals surface area contributed by atoms with Gasteiger partial charge in [0.25, 0.3) is 5.91 Å². The van der Waals surface area contributed by atoms with Gasteiger partial charge in [0.1, 0.15) is 11.7 Å². The molecule has 122 valence electrons. The summed E-state index contributed by atoms with van der Waals surface area (Å²) < 4.78 is 1.87. The van der Waals surface area contributed by atoms with Crippen LogP contribution in [0.4, 0.5) is 0 Å². The molecule has 0 spiro atoms. The number of aromatic nitrogens is 1. The fourth-order valence-electron chi connectivity index (χ4n) is 2.96. The molecule has 6 nitrogen and oxygen atoms in total. The van der Waals surface area contributed by atoms with E-state index in [-0.39, 0.29) is 5.91 Å². The fourth-order valence-corrected chi connectivity index (χ4v) is 2.96. The van der Waals surface area contributed by atoms with Crippen LogP contribution in [0.2, 0.25) is 0 Å². The van der Waals surface area contributed by atoms with Crippen LogP contribution in [0.15, 0.2) is 24.4 Å². The molecule has 1 unspecified atom stereocenters. The number of aliphatic hydroxyl groups excluding tert-OH is 1. The lowest BCUT2D eigenvalue weighted by Gasteiger charge is -2.24. The summed E-state index contributed by atoms with van der Waals surface area (Å²) in [5.74, 6) is -0.465. The van der Waals surface area contributed by atoms with Crippen molar-refractivity contribution in [1.82, 2.24) is 9.30 Å². The van der Waals surface area contributed by atoms with E-state index in [2.05, 4.69) is 6.07 Å². The van der Waals surface area contributed by atoms with Crippen molar-refractivity contribution in [3.8, 4) is 0 Å². The van der Waals surface area contributed by atoms with Gasteiger partial charge in [-0.3, -0.25) is 9.59 Å². The third-order valence-corrected chi connectivity index (χ3v) is 4.52. The summed E-state index contributed by atoms with van der Waals surface area (Å²) in [4.78, 5) is 25.4. The predicted octanol–water partition coefficient (Wildman–Crippen LogP) is 1.04. The first-order valence-corrected chi connectivity index (χ1v) is 7.73. The minimum absolute atomic E-state index is 0.326.